The van der Waals surface area contributed by atoms with Crippen molar-refractivity contribution in [3.8, 4) is 11.6 Å². The number of rotatable bonds is 7. The number of hydrogen-bond donors (Lipinski definition) is 2. The number of aromatic nitrogens is 2. The van der Waals surface area contributed by atoms with Crippen LogP contribution in [0.1, 0.15) is 10.4 Å². The van der Waals surface area contributed by atoms with Crippen LogP contribution in [0.25, 0.3) is 0 Å². The molecule has 0 fully saturated rings. The van der Waals surface area contributed by atoms with E-state index in [4.69, 9.17) is 16.3 Å². The van der Waals surface area contributed by atoms with Gasteiger partial charge in [0.15, 0.2) is 0 Å². The van der Waals surface area contributed by atoms with Crippen molar-refractivity contribution in [3.63, 3.8) is 0 Å². The van der Waals surface area contributed by atoms with Gasteiger partial charge in [-0.05, 0) is 48.5 Å². The summed E-state index contributed by atoms with van der Waals surface area (Å²) in [6.45, 7) is 0.813. The first-order chi connectivity index (χ1) is 13.1. The molecule has 0 radical (unpaired) electrons. The molecule has 8 heteroatoms. The summed E-state index contributed by atoms with van der Waals surface area (Å²) in [5.41, 5.74) is 0.533. The highest BCUT2D eigenvalue weighted by molar-refractivity contribution is 6.30. The van der Waals surface area contributed by atoms with Gasteiger partial charge < -0.3 is 15.4 Å². The van der Waals surface area contributed by atoms with Gasteiger partial charge in [0.25, 0.3) is 5.91 Å². The number of carbonyl (C=O) groups excluding carboxylic acids is 1. The molecule has 2 aromatic carbocycles. The van der Waals surface area contributed by atoms with Crippen molar-refractivity contribution < 1.29 is 13.9 Å². The van der Waals surface area contributed by atoms with Crippen LogP contribution in [0.3, 0.4) is 0 Å². The minimum atomic E-state index is -0.340. The van der Waals surface area contributed by atoms with Crippen molar-refractivity contribution in [2.45, 2.75) is 0 Å². The molecule has 0 bridgehead atoms. The average Bonchev–Trinajstić information content (AvgIpc) is 2.68. The first-order valence-corrected chi connectivity index (χ1v) is 8.52. The fourth-order valence-corrected chi connectivity index (χ4v) is 2.29. The Morgan fingerprint density at radius 3 is 2.52 bits per heavy atom. The number of benzene rings is 2. The second kappa shape index (κ2) is 8.95. The van der Waals surface area contributed by atoms with Crippen LogP contribution in [0.4, 0.5) is 10.3 Å². The van der Waals surface area contributed by atoms with Crippen molar-refractivity contribution in [1.82, 2.24) is 15.3 Å². The van der Waals surface area contributed by atoms with Gasteiger partial charge in [-0.25, -0.2) is 9.37 Å². The number of amides is 1. The van der Waals surface area contributed by atoms with E-state index >= 15 is 0 Å². The third kappa shape index (κ3) is 5.65. The van der Waals surface area contributed by atoms with E-state index in [1.165, 1.54) is 24.3 Å². The molecule has 27 heavy (non-hydrogen) atoms. The zero-order valence-electron chi connectivity index (χ0n) is 14.2. The molecule has 1 aromatic heterocycles. The summed E-state index contributed by atoms with van der Waals surface area (Å²) in [6.07, 6.45) is 1.54. The summed E-state index contributed by atoms with van der Waals surface area (Å²) >= 11 is 5.80. The van der Waals surface area contributed by atoms with Gasteiger partial charge in [0.2, 0.25) is 11.8 Å². The van der Waals surface area contributed by atoms with E-state index in [0.29, 0.717) is 41.3 Å². The van der Waals surface area contributed by atoms with E-state index < -0.39 is 0 Å². The van der Waals surface area contributed by atoms with Crippen LogP contribution in [-0.4, -0.2) is 29.0 Å². The highest BCUT2D eigenvalue weighted by atomic mass is 35.5. The van der Waals surface area contributed by atoms with Crippen LogP contribution < -0.4 is 15.4 Å². The van der Waals surface area contributed by atoms with Gasteiger partial charge >= 0.3 is 0 Å². The normalized spacial score (nSPS) is 10.3. The molecule has 2 N–H and O–H groups in total. The summed E-state index contributed by atoms with van der Waals surface area (Å²) in [5, 5.41) is 6.36. The second-order valence-electron chi connectivity index (χ2n) is 5.46. The predicted molar refractivity (Wildman–Crippen MR) is 101 cm³/mol. The van der Waals surface area contributed by atoms with E-state index in [9.17, 15) is 9.18 Å². The van der Waals surface area contributed by atoms with E-state index in [0.717, 1.165) is 0 Å². The second-order valence-corrected chi connectivity index (χ2v) is 5.90. The SMILES string of the molecule is O=C(NCCNc1nccc(Oc2ccc(F)cc2)n1)c1ccc(Cl)cc1. The fraction of sp³-hybridized carbons (Fsp3) is 0.105. The van der Waals surface area contributed by atoms with Gasteiger partial charge in [0.1, 0.15) is 11.6 Å². The van der Waals surface area contributed by atoms with Gasteiger partial charge in [-0.15, -0.1) is 0 Å². The Balaban J connectivity index is 1.47. The molecule has 0 aliphatic carbocycles. The Labute approximate surface area is 160 Å². The van der Waals surface area contributed by atoms with Gasteiger partial charge in [0.05, 0.1) is 0 Å². The van der Waals surface area contributed by atoms with Gasteiger partial charge in [-0.2, -0.15) is 4.98 Å². The maximum Gasteiger partial charge on any atom is 0.251 e. The maximum absolute atomic E-state index is 12.9. The Hall–Kier alpha value is -3.19. The third-order valence-electron chi connectivity index (χ3n) is 3.47. The lowest BCUT2D eigenvalue weighted by atomic mass is 10.2. The molecule has 0 aliphatic heterocycles. The number of anilines is 1. The van der Waals surface area contributed by atoms with Crippen LogP contribution in [0.2, 0.25) is 5.02 Å². The Morgan fingerprint density at radius 1 is 1.04 bits per heavy atom. The summed E-state index contributed by atoms with van der Waals surface area (Å²) in [4.78, 5) is 20.3. The van der Waals surface area contributed by atoms with Gasteiger partial charge in [0, 0.05) is 35.9 Å². The number of ether oxygens (including phenoxy) is 1. The standard InChI is InChI=1S/C19H16ClFN4O2/c20-14-3-1-13(2-4-14)18(26)22-11-12-24-19-23-10-9-17(25-19)27-16-7-5-15(21)6-8-16/h1-10H,11-12H2,(H,22,26)(H,23,24,25). The molecule has 6 nitrogen and oxygen atoms in total. The molecule has 1 amide bonds. The lowest BCUT2D eigenvalue weighted by molar-refractivity contribution is 0.0955. The molecule has 0 atom stereocenters. The number of nitrogens with zero attached hydrogens (tertiary/aromatic N) is 2. The molecule has 3 aromatic rings. The number of halogens is 2. The van der Waals surface area contributed by atoms with Crippen LogP contribution in [0.15, 0.2) is 60.8 Å². The van der Waals surface area contributed by atoms with Crippen LogP contribution in [-0.2, 0) is 0 Å². The summed E-state index contributed by atoms with van der Waals surface area (Å²) in [5.74, 6) is 0.617. The maximum atomic E-state index is 12.9. The van der Waals surface area contributed by atoms with Gasteiger partial charge in [-0.1, -0.05) is 11.6 Å². The number of nitrogens with one attached hydrogen (secondary N) is 2. The number of hydrogen-bond acceptors (Lipinski definition) is 5. The smallest absolute Gasteiger partial charge is 0.251 e. The zero-order valence-corrected chi connectivity index (χ0v) is 14.9. The summed E-state index contributed by atoms with van der Waals surface area (Å²) in [7, 11) is 0. The van der Waals surface area contributed by atoms with Crippen molar-refractivity contribution in [2.24, 2.45) is 0 Å². The summed E-state index contributed by atoms with van der Waals surface area (Å²) < 4.78 is 18.5. The van der Waals surface area contributed by atoms with Crippen molar-refractivity contribution in [3.05, 3.63) is 77.2 Å². The van der Waals surface area contributed by atoms with Crippen LogP contribution >= 0.6 is 11.6 Å². The molecule has 3 rings (SSSR count). The minimum absolute atomic E-state index is 0.192. The first-order valence-electron chi connectivity index (χ1n) is 8.14. The molecule has 1 heterocycles. The fourth-order valence-electron chi connectivity index (χ4n) is 2.16. The lowest BCUT2D eigenvalue weighted by Gasteiger charge is -2.09. The number of carbonyl (C=O) groups is 1. The third-order valence-corrected chi connectivity index (χ3v) is 3.72. The molecular weight excluding hydrogens is 371 g/mol. The predicted octanol–water partition coefficient (Wildman–Crippen LogP) is 3.90. The van der Waals surface area contributed by atoms with Crippen molar-refractivity contribution in [1.29, 1.82) is 0 Å². The Morgan fingerprint density at radius 2 is 1.78 bits per heavy atom. The van der Waals surface area contributed by atoms with Gasteiger partial charge in [-0.3, -0.25) is 4.79 Å². The van der Waals surface area contributed by atoms with E-state index in [2.05, 4.69) is 20.6 Å². The molecule has 0 saturated heterocycles. The monoisotopic (exact) mass is 386 g/mol. The quantitative estimate of drug-likeness (QED) is 0.602. The highest BCUT2D eigenvalue weighted by Gasteiger charge is 2.05. The largest absolute Gasteiger partial charge is 0.439 e. The van der Waals surface area contributed by atoms with Crippen LogP contribution in [0.5, 0.6) is 11.6 Å². The van der Waals surface area contributed by atoms with E-state index in [-0.39, 0.29) is 11.7 Å². The Bertz CT molecular complexity index is 904. The minimum Gasteiger partial charge on any atom is -0.439 e. The van der Waals surface area contributed by atoms with E-state index in [1.807, 2.05) is 0 Å². The topological polar surface area (TPSA) is 76.1 Å². The van der Waals surface area contributed by atoms with Crippen molar-refractivity contribution >= 4 is 23.5 Å². The average molecular weight is 387 g/mol. The zero-order chi connectivity index (χ0) is 19.1. The molecule has 0 unspecified atom stereocenters. The Kier molecular flexibility index (Phi) is 6.17. The molecular formula is C19H16ClFN4O2. The highest BCUT2D eigenvalue weighted by Crippen LogP contribution is 2.19. The lowest BCUT2D eigenvalue weighted by Crippen LogP contribution is -2.29. The molecule has 0 aliphatic rings. The molecule has 138 valence electrons. The molecule has 0 spiro atoms. The van der Waals surface area contributed by atoms with Crippen LogP contribution in [0, 0.1) is 5.82 Å². The summed E-state index contributed by atoms with van der Waals surface area (Å²) in [6, 6.07) is 13.9. The van der Waals surface area contributed by atoms with Crippen molar-refractivity contribution in [2.75, 3.05) is 18.4 Å². The van der Waals surface area contributed by atoms with E-state index in [1.54, 1.807) is 36.5 Å². The first kappa shape index (κ1) is 18.6. The molecule has 0 saturated carbocycles.